The Morgan fingerprint density at radius 1 is 1.04 bits per heavy atom. The van der Waals surface area contributed by atoms with Gasteiger partial charge in [-0.2, -0.15) is 0 Å². The van der Waals surface area contributed by atoms with Gasteiger partial charge in [-0.3, -0.25) is 4.99 Å². The largest absolute Gasteiger partial charge is 0.497 e. The van der Waals surface area contributed by atoms with Crippen LogP contribution in [0.2, 0.25) is 5.02 Å². The molecule has 0 bridgehead atoms. The first-order valence-corrected chi connectivity index (χ1v) is 8.44. The number of aliphatic imine (C=N–C) groups is 1. The number of nitrogens with zero attached hydrogens (tertiary/aromatic N) is 1. The smallest absolute Gasteiger partial charge is 0.191 e. The van der Waals surface area contributed by atoms with Gasteiger partial charge in [-0.15, -0.1) is 24.0 Å². The number of methoxy groups -OCH3 is 2. The first-order valence-electron chi connectivity index (χ1n) is 8.06. The Hall–Kier alpha value is -1.67. The molecule has 7 heteroatoms. The van der Waals surface area contributed by atoms with E-state index < -0.39 is 0 Å². The molecule has 0 aliphatic heterocycles. The number of hydrogen-bond donors (Lipinski definition) is 2. The zero-order valence-corrected chi connectivity index (χ0v) is 18.3. The van der Waals surface area contributed by atoms with Crippen molar-refractivity contribution in [2.75, 3.05) is 27.8 Å². The minimum Gasteiger partial charge on any atom is -0.497 e. The van der Waals surface area contributed by atoms with Crippen molar-refractivity contribution in [1.29, 1.82) is 0 Å². The summed E-state index contributed by atoms with van der Waals surface area (Å²) in [5, 5.41) is 7.35. The van der Waals surface area contributed by atoms with E-state index in [0.717, 1.165) is 41.0 Å². The molecule has 0 heterocycles. The number of hydrogen-bond acceptors (Lipinski definition) is 3. The highest BCUT2D eigenvalue weighted by atomic mass is 127. The Morgan fingerprint density at radius 3 is 2.38 bits per heavy atom. The Morgan fingerprint density at radius 2 is 1.77 bits per heavy atom. The Balaban J connectivity index is 0.00000338. The van der Waals surface area contributed by atoms with Crippen LogP contribution in [0.1, 0.15) is 11.1 Å². The summed E-state index contributed by atoms with van der Waals surface area (Å²) in [4.78, 5) is 4.25. The van der Waals surface area contributed by atoms with Crippen molar-refractivity contribution in [1.82, 2.24) is 10.6 Å². The molecule has 0 fully saturated rings. The molecule has 0 saturated carbocycles. The molecule has 5 nitrogen and oxygen atoms in total. The fraction of sp³-hybridized carbons (Fsp3) is 0.316. The summed E-state index contributed by atoms with van der Waals surface area (Å²) >= 11 is 5.90. The normalized spacial score (nSPS) is 10.7. The lowest BCUT2D eigenvalue weighted by atomic mass is 10.1. The summed E-state index contributed by atoms with van der Waals surface area (Å²) in [6, 6.07) is 13.6. The summed E-state index contributed by atoms with van der Waals surface area (Å²) in [5.41, 5.74) is 2.26. The number of benzene rings is 2. The van der Waals surface area contributed by atoms with Crippen LogP contribution < -0.4 is 20.1 Å². The average Bonchev–Trinajstić information content (AvgIpc) is 2.65. The van der Waals surface area contributed by atoms with Gasteiger partial charge in [0.05, 0.1) is 14.2 Å². The molecule has 0 spiro atoms. The highest BCUT2D eigenvalue weighted by molar-refractivity contribution is 14.0. The number of halogens is 2. The van der Waals surface area contributed by atoms with Gasteiger partial charge in [-0.1, -0.05) is 23.7 Å². The predicted octanol–water partition coefficient (Wildman–Crippen LogP) is 3.88. The molecule has 0 atom stereocenters. The topological polar surface area (TPSA) is 54.9 Å². The van der Waals surface area contributed by atoms with Crippen LogP contribution in [0, 0.1) is 0 Å². The van der Waals surface area contributed by atoms with E-state index in [9.17, 15) is 0 Å². The van der Waals surface area contributed by atoms with Gasteiger partial charge in [0.15, 0.2) is 5.96 Å². The van der Waals surface area contributed by atoms with Crippen LogP contribution in [-0.4, -0.2) is 33.8 Å². The Kier molecular flexibility index (Phi) is 10.2. The molecule has 142 valence electrons. The minimum atomic E-state index is 0. The van der Waals surface area contributed by atoms with Crippen molar-refractivity contribution in [3.63, 3.8) is 0 Å². The SMILES string of the molecule is CN=C(NCCc1ccc(Cl)cc1)NCc1ccc(OC)cc1OC.I. The van der Waals surface area contributed by atoms with Crippen molar-refractivity contribution in [2.45, 2.75) is 13.0 Å². The zero-order valence-electron chi connectivity index (χ0n) is 15.2. The maximum Gasteiger partial charge on any atom is 0.191 e. The highest BCUT2D eigenvalue weighted by Gasteiger charge is 2.06. The molecule has 2 N–H and O–H groups in total. The van der Waals surface area contributed by atoms with Crippen molar-refractivity contribution >= 4 is 41.5 Å². The summed E-state index contributed by atoms with van der Waals surface area (Å²) in [5.74, 6) is 2.29. The summed E-state index contributed by atoms with van der Waals surface area (Å²) in [7, 11) is 5.04. The molecular formula is C19H25ClIN3O2. The maximum absolute atomic E-state index is 5.90. The zero-order chi connectivity index (χ0) is 18.1. The van der Waals surface area contributed by atoms with Crippen LogP contribution in [0.4, 0.5) is 0 Å². The monoisotopic (exact) mass is 489 g/mol. The third-order valence-corrected chi connectivity index (χ3v) is 4.04. The van der Waals surface area contributed by atoms with Gasteiger partial charge in [0.1, 0.15) is 11.5 Å². The van der Waals surface area contributed by atoms with E-state index >= 15 is 0 Å². The third kappa shape index (κ3) is 6.92. The van der Waals surface area contributed by atoms with E-state index in [1.165, 1.54) is 5.56 Å². The predicted molar refractivity (Wildman–Crippen MR) is 118 cm³/mol. The molecule has 0 radical (unpaired) electrons. The van der Waals surface area contributed by atoms with E-state index in [2.05, 4.69) is 15.6 Å². The van der Waals surface area contributed by atoms with E-state index in [-0.39, 0.29) is 24.0 Å². The molecule has 26 heavy (non-hydrogen) atoms. The van der Waals surface area contributed by atoms with E-state index in [1.54, 1.807) is 21.3 Å². The van der Waals surface area contributed by atoms with Crippen molar-refractivity contribution in [2.24, 2.45) is 4.99 Å². The van der Waals surface area contributed by atoms with Gasteiger partial charge in [0.2, 0.25) is 0 Å². The molecule has 2 aromatic carbocycles. The van der Waals surface area contributed by atoms with Gasteiger partial charge < -0.3 is 20.1 Å². The van der Waals surface area contributed by atoms with Crippen LogP contribution in [0.3, 0.4) is 0 Å². The fourth-order valence-corrected chi connectivity index (χ4v) is 2.50. The van der Waals surface area contributed by atoms with Crippen molar-refractivity contribution in [3.8, 4) is 11.5 Å². The van der Waals surface area contributed by atoms with E-state index in [0.29, 0.717) is 6.54 Å². The Labute approximate surface area is 177 Å². The molecule has 2 rings (SSSR count). The van der Waals surface area contributed by atoms with Gasteiger partial charge in [0.25, 0.3) is 0 Å². The van der Waals surface area contributed by atoms with E-state index in [4.69, 9.17) is 21.1 Å². The van der Waals surface area contributed by atoms with Crippen LogP contribution in [0.25, 0.3) is 0 Å². The molecule has 2 aromatic rings. The number of nitrogens with one attached hydrogen (secondary N) is 2. The molecule has 0 aromatic heterocycles. The third-order valence-electron chi connectivity index (χ3n) is 3.78. The number of guanidine groups is 1. The Bertz CT molecular complexity index is 708. The van der Waals surface area contributed by atoms with Crippen LogP contribution in [-0.2, 0) is 13.0 Å². The first kappa shape index (κ1) is 22.4. The molecule has 0 aliphatic carbocycles. The summed E-state index contributed by atoms with van der Waals surface area (Å²) in [6.07, 6.45) is 0.893. The average molecular weight is 490 g/mol. The fourth-order valence-electron chi connectivity index (χ4n) is 2.37. The van der Waals surface area contributed by atoms with Crippen molar-refractivity contribution in [3.05, 3.63) is 58.6 Å². The highest BCUT2D eigenvalue weighted by Crippen LogP contribution is 2.24. The lowest BCUT2D eigenvalue weighted by Gasteiger charge is -2.14. The van der Waals surface area contributed by atoms with Crippen LogP contribution in [0.5, 0.6) is 11.5 Å². The number of rotatable bonds is 7. The molecular weight excluding hydrogens is 465 g/mol. The van der Waals surface area contributed by atoms with Gasteiger partial charge in [0, 0.05) is 36.8 Å². The standard InChI is InChI=1S/C19H24ClN3O2.HI/c1-21-19(22-11-10-14-4-7-16(20)8-5-14)23-13-15-6-9-17(24-2)12-18(15)25-3;/h4-9,12H,10-11,13H2,1-3H3,(H2,21,22,23);1H. The summed E-state index contributed by atoms with van der Waals surface area (Å²) in [6.45, 7) is 1.38. The minimum absolute atomic E-state index is 0. The lowest BCUT2D eigenvalue weighted by molar-refractivity contribution is 0.390. The van der Waals surface area contributed by atoms with E-state index in [1.807, 2.05) is 42.5 Å². The quantitative estimate of drug-likeness (QED) is 0.352. The molecule has 0 amide bonds. The first-order chi connectivity index (χ1) is 12.2. The maximum atomic E-state index is 5.90. The van der Waals surface area contributed by atoms with Crippen LogP contribution in [0.15, 0.2) is 47.5 Å². The van der Waals surface area contributed by atoms with Crippen LogP contribution >= 0.6 is 35.6 Å². The second-order valence-corrected chi connectivity index (χ2v) is 5.84. The molecule has 0 aliphatic rings. The second kappa shape index (κ2) is 11.9. The molecule has 0 saturated heterocycles. The van der Waals surface area contributed by atoms with Gasteiger partial charge in [-0.25, -0.2) is 0 Å². The van der Waals surface area contributed by atoms with Gasteiger partial charge >= 0.3 is 0 Å². The van der Waals surface area contributed by atoms with Crippen molar-refractivity contribution < 1.29 is 9.47 Å². The second-order valence-electron chi connectivity index (χ2n) is 5.41. The molecule has 0 unspecified atom stereocenters. The number of ether oxygens (including phenoxy) is 2. The lowest BCUT2D eigenvalue weighted by Crippen LogP contribution is -2.37. The summed E-state index contributed by atoms with van der Waals surface area (Å²) < 4.78 is 10.6. The van der Waals surface area contributed by atoms with Gasteiger partial charge in [-0.05, 0) is 36.2 Å².